The van der Waals surface area contributed by atoms with E-state index in [0.717, 1.165) is 18.4 Å². The molecule has 164 valence electrons. The molecule has 3 fully saturated rings. The van der Waals surface area contributed by atoms with Crippen LogP contribution in [0.1, 0.15) is 58.8 Å². The van der Waals surface area contributed by atoms with Crippen LogP contribution in [0, 0.1) is 28.6 Å². The van der Waals surface area contributed by atoms with Crippen LogP contribution < -0.4 is 0 Å². The number of ether oxygens (including phenoxy) is 1. The Morgan fingerprint density at radius 2 is 1.87 bits per heavy atom. The summed E-state index contributed by atoms with van der Waals surface area (Å²) in [6, 6.07) is 0. The minimum Gasteiger partial charge on any atom is -0.478 e. The van der Waals surface area contributed by atoms with Crippen molar-refractivity contribution in [1.82, 2.24) is 0 Å². The quantitative estimate of drug-likeness (QED) is 0.511. The van der Waals surface area contributed by atoms with Gasteiger partial charge in [0.05, 0.1) is 0 Å². The van der Waals surface area contributed by atoms with Gasteiger partial charge in [-0.15, -0.1) is 0 Å². The lowest BCUT2D eigenvalue weighted by Gasteiger charge is -2.57. The number of fused-ring (bicyclic) bond motifs is 5. The van der Waals surface area contributed by atoms with Gasteiger partial charge in [-0.2, -0.15) is 0 Å². The number of carboxylic acids is 1. The molecule has 0 aromatic rings. The number of aliphatic carboxylic acids is 1. The molecular formula is C22H26Cl2O6. The van der Waals surface area contributed by atoms with E-state index in [1.807, 2.05) is 0 Å². The van der Waals surface area contributed by atoms with Crippen molar-refractivity contribution < 1.29 is 29.0 Å². The Hall–Kier alpha value is -1.40. The van der Waals surface area contributed by atoms with Crippen molar-refractivity contribution in [2.75, 3.05) is 0 Å². The van der Waals surface area contributed by atoms with Crippen molar-refractivity contribution >= 4 is 46.7 Å². The predicted octanol–water partition coefficient (Wildman–Crippen LogP) is 3.87. The zero-order valence-corrected chi connectivity index (χ0v) is 18.6. The Bertz CT molecular complexity index is 866. The number of rotatable bonds is 3. The molecule has 30 heavy (non-hydrogen) atoms. The molecule has 0 aromatic heterocycles. The second-order valence-electron chi connectivity index (χ2n) is 9.79. The van der Waals surface area contributed by atoms with Gasteiger partial charge in [0.25, 0.3) is 0 Å². The first-order chi connectivity index (χ1) is 14.0. The third kappa shape index (κ3) is 2.82. The van der Waals surface area contributed by atoms with Gasteiger partial charge in [0.1, 0.15) is 5.78 Å². The average Bonchev–Trinajstić information content (AvgIpc) is 2.94. The standard InChI is InChI=1S/C22H26Cl2O6/c1-20-7-5-12(25)9-11(20)3-4-13-14-6-8-22(19(28)29,30-18(27)17(23)24)21(14,2)10-15(26)16(13)20/h9,13-14,16-17H,3-8,10H2,1-2H3,(H,28,29)/t13-,14-,16-,20-,21-,22?/m0/s1. The van der Waals surface area contributed by atoms with Crippen LogP contribution in [0.3, 0.4) is 0 Å². The van der Waals surface area contributed by atoms with Gasteiger partial charge in [-0.25, -0.2) is 9.59 Å². The number of hydrogen-bond acceptors (Lipinski definition) is 5. The molecular weight excluding hydrogens is 431 g/mol. The smallest absolute Gasteiger partial charge is 0.348 e. The number of hydrogen-bond donors (Lipinski definition) is 1. The molecule has 0 heterocycles. The van der Waals surface area contributed by atoms with E-state index in [1.54, 1.807) is 13.0 Å². The molecule has 4 aliphatic carbocycles. The van der Waals surface area contributed by atoms with Gasteiger partial charge >= 0.3 is 11.9 Å². The Morgan fingerprint density at radius 1 is 1.17 bits per heavy atom. The number of esters is 1. The Kier molecular flexibility index (Phi) is 5.13. The zero-order chi connectivity index (χ0) is 22.1. The Balaban J connectivity index is 1.74. The number of carboxylic acid groups (broad SMARTS) is 1. The number of ketones is 2. The van der Waals surface area contributed by atoms with Crippen LogP contribution in [0.4, 0.5) is 0 Å². The van der Waals surface area contributed by atoms with Gasteiger partial charge in [-0.3, -0.25) is 9.59 Å². The number of alkyl halides is 2. The van der Waals surface area contributed by atoms with Gasteiger partial charge in [0.2, 0.25) is 10.4 Å². The summed E-state index contributed by atoms with van der Waals surface area (Å²) in [6.45, 7) is 3.84. The summed E-state index contributed by atoms with van der Waals surface area (Å²) < 4.78 is 5.46. The van der Waals surface area contributed by atoms with E-state index in [0.29, 0.717) is 19.3 Å². The fourth-order valence-corrected chi connectivity index (χ4v) is 7.24. The lowest BCUT2D eigenvalue weighted by atomic mass is 9.46. The van der Waals surface area contributed by atoms with Gasteiger partial charge in [0.15, 0.2) is 5.78 Å². The first-order valence-electron chi connectivity index (χ1n) is 10.5. The summed E-state index contributed by atoms with van der Waals surface area (Å²) >= 11 is 11.3. The van der Waals surface area contributed by atoms with E-state index in [-0.39, 0.29) is 47.6 Å². The summed E-state index contributed by atoms with van der Waals surface area (Å²) in [7, 11) is 0. The highest BCUT2D eigenvalue weighted by Gasteiger charge is 2.71. The fourth-order valence-electron chi connectivity index (χ4n) is 7.15. The van der Waals surface area contributed by atoms with Gasteiger partial charge in [0, 0.05) is 24.2 Å². The second-order valence-corrected chi connectivity index (χ2v) is 10.9. The first-order valence-corrected chi connectivity index (χ1v) is 11.3. The monoisotopic (exact) mass is 456 g/mol. The van der Waals surface area contributed by atoms with E-state index in [4.69, 9.17) is 27.9 Å². The highest BCUT2D eigenvalue weighted by atomic mass is 35.5. The van der Waals surface area contributed by atoms with Crippen LogP contribution in [0.25, 0.3) is 0 Å². The topological polar surface area (TPSA) is 97.7 Å². The highest BCUT2D eigenvalue weighted by molar-refractivity contribution is 6.53. The minimum atomic E-state index is -1.82. The zero-order valence-electron chi connectivity index (χ0n) is 17.1. The van der Waals surface area contributed by atoms with Gasteiger partial charge in [-0.1, -0.05) is 42.6 Å². The van der Waals surface area contributed by atoms with Gasteiger partial charge in [-0.05, 0) is 55.4 Å². The molecule has 1 unspecified atom stereocenters. The molecule has 0 spiro atoms. The van der Waals surface area contributed by atoms with E-state index in [1.165, 1.54) is 0 Å². The molecule has 0 radical (unpaired) electrons. The molecule has 6 nitrogen and oxygen atoms in total. The lowest BCUT2D eigenvalue weighted by molar-refractivity contribution is -0.200. The van der Waals surface area contributed by atoms with Crippen LogP contribution in [0.2, 0.25) is 0 Å². The number of carbonyl (C=O) groups is 4. The van der Waals surface area contributed by atoms with Crippen LogP contribution in [0.5, 0.6) is 0 Å². The SMILES string of the molecule is C[C@]12CCC(=O)C=C1CC[C@@H]1[C@H]2C(=O)C[C@@]2(C)[C@H]1CCC2(OC(=O)C(Cl)Cl)C(=O)O. The fraction of sp³-hybridized carbons (Fsp3) is 0.727. The first kappa shape index (κ1) is 21.8. The molecule has 0 aromatic carbocycles. The molecule has 4 aliphatic rings. The minimum absolute atomic E-state index is 0.00179. The summed E-state index contributed by atoms with van der Waals surface area (Å²) in [5, 5.41) is 10.1. The third-order valence-corrected chi connectivity index (χ3v) is 8.93. The molecule has 3 saturated carbocycles. The van der Waals surface area contributed by atoms with E-state index >= 15 is 0 Å². The molecule has 0 amide bonds. The Labute approximate surface area is 185 Å². The highest BCUT2D eigenvalue weighted by Crippen LogP contribution is 2.67. The molecule has 8 heteroatoms. The third-order valence-electron chi connectivity index (χ3n) is 8.57. The number of allylic oxidation sites excluding steroid dienone is 1. The summed E-state index contributed by atoms with van der Waals surface area (Å²) in [6.07, 6.45) is 4.95. The average molecular weight is 457 g/mol. The lowest BCUT2D eigenvalue weighted by Crippen LogP contribution is -2.62. The van der Waals surface area contributed by atoms with E-state index in [9.17, 15) is 24.3 Å². The molecule has 4 rings (SSSR count). The Morgan fingerprint density at radius 3 is 2.50 bits per heavy atom. The van der Waals surface area contributed by atoms with Crippen LogP contribution >= 0.6 is 23.2 Å². The van der Waals surface area contributed by atoms with Crippen molar-refractivity contribution in [2.24, 2.45) is 28.6 Å². The summed E-state index contributed by atoms with van der Waals surface area (Å²) in [4.78, 5) is 48.6. The molecule has 1 N–H and O–H groups in total. The predicted molar refractivity (Wildman–Crippen MR) is 109 cm³/mol. The van der Waals surface area contributed by atoms with Crippen molar-refractivity contribution in [3.05, 3.63) is 11.6 Å². The van der Waals surface area contributed by atoms with Crippen LogP contribution in [-0.4, -0.2) is 39.0 Å². The van der Waals surface area contributed by atoms with Crippen molar-refractivity contribution in [2.45, 2.75) is 69.2 Å². The van der Waals surface area contributed by atoms with Gasteiger partial charge < -0.3 is 9.84 Å². The molecule has 0 aliphatic heterocycles. The molecule has 0 bridgehead atoms. The normalized spacial score (nSPS) is 42.8. The van der Waals surface area contributed by atoms with Crippen molar-refractivity contribution in [3.63, 3.8) is 0 Å². The number of Topliss-reactive ketones (excluding diaryl/α,β-unsaturated/α-hetero) is 1. The maximum Gasteiger partial charge on any atom is 0.348 e. The van der Waals surface area contributed by atoms with E-state index < -0.39 is 27.8 Å². The summed E-state index contributed by atoms with van der Waals surface area (Å²) in [5.41, 5.74) is -2.16. The van der Waals surface area contributed by atoms with E-state index in [2.05, 4.69) is 6.92 Å². The second kappa shape index (κ2) is 7.06. The molecule has 6 atom stereocenters. The van der Waals surface area contributed by atoms with Crippen LogP contribution in [-0.2, 0) is 23.9 Å². The maximum atomic E-state index is 13.6. The molecule has 0 saturated heterocycles. The largest absolute Gasteiger partial charge is 0.478 e. The number of carbonyl (C=O) groups excluding carboxylic acids is 3. The maximum absolute atomic E-state index is 13.6. The van der Waals surface area contributed by atoms with Crippen LogP contribution in [0.15, 0.2) is 11.6 Å². The van der Waals surface area contributed by atoms with Crippen molar-refractivity contribution in [1.29, 1.82) is 0 Å². The summed E-state index contributed by atoms with van der Waals surface area (Å²) in [5.74, 6) is -2.46. The number of halogens is 2. The van der Waals surface area contributed by atoms with Crippen molar-refractivity contribution in [3.8, 4) is 0 Å².